The van der Waals surface area contributed by atoms with Crippen LogP contribution >= 0.6 is 0 Å². The molecule has 0 aliphatic carbocycles. The zero-order chi connectivity index (χ0) is 24.5. The molecule has 0 saturated carbocycles. The van der Waals surface area contributed by atoms with E-state index >= 15 is 0 Å². The predicted molar refractivity (Wildman–Crippen MR) is 123 cm³/mol. The lowest BCUT2D eigenvalue weighted by Crippen LogP contribution is -2.48. The van der Waals surface area contributed by atoms with Crippen LogP contribution in [0.15, 0.2) is 42.5 Å². The Morgan fingerprint density at radius 3 is 2.26 bits per heavy atom. The standard InChI is InChI=1S/C24H27F3N4O3/c1-17-7-9-29(10-8-17)21-6-5-18(15-22(21)31(33)34)23(32)30-13-11-28(12-14-30)20-4-2-3-19(16-20)24(25,26)27/h2-6,15-17H,7-14H2,1H3. The molecule has 34 heavy (non-hydrogen) atoms. The van der Waals surface area contributed by atoms with E-state index in [0.717, 1.165) is 38.1 Å². The first-order chi connectivity index (χ1) is 16.1. The molecule has 182 valence electrons. The van der Waals surface area contributed by atoms with Crippen LogP contribution in [-0.4, -0.2) is 55.0 Å². The summed E-state index contributed by atoms with van der Waals surface area (Å²) < 4.78 is 39.1. The molecule has 2 aliphatic heterocycles. The second-order valence-corrected chi connectivity index (χ2v) is 8.96. The molecule has 2 aromatic carbocycles. The fourth-order valence-corrected chi connectivity index (χ4v) is 4.55. The lowest BCUT2D eigenvalue weighted by Gasteiger charge is -2.36. The number of carbonyl (C=O) groups excluding carboxylic acids is 1. The van der Waals surface area contributed by atoms with Crippen LogP contribution in [0.4, 0.5) is 30.2 Å². The zero-order valence-corrected chi connectivity index (χ0v) is 18.9. The highest BCUT2D eigenvalue weighted by Gasteiger charge is 2.32. The predicted octanol–water partition coefficient (Wildman–Crippen LogP) is 4.81. The normalized spacial score (nSPS) is 17.7. The summed E-state index contributed by atoms with van der Waals surface area (Å²) in [6, 6.07) is 9.76. The summed E-state index contributed by atoms with van der Waals surface area (Å²) >= 11 is 0. The van der Waals surface area contributed by atoms with Gasteiger partial charge in [-0.25, -0.2) is 0 Å². The van der Waals surface area contributed by atoms with E-state index in [9.17, 15) is 28.1 Å². The van der Waals surface area contributed by atoms with Crippen molar-refractivity contribution in [2.24, 2.45) is 5.92 Å². The molecule has 2 aliphatic rings. The quantitative estimate of drug-likeness (QED) is 0.468. The second kappa shape index (κ2) is 9.52. The SMILES string of the molecule is CC1CCN(c2ccc(C(=O)N3CCN(c4cccc(C(F)(F)F)c4)CC3)cc2[N+](=O)[O-])CC1. The molecule has 2 aromatic rings. The van der Waals surface area contributed by atoms with Crippen molar-refractivity contribution in [3.63, 3.8) is 0 Å². The van der Waals surface area contributed by atoms with Crippen molar-refractivity contribution < 1.29 is 22.9 Å². The van der Waals surface area contributed by atoms with Crippen molar-refractivity contribution >= 4 is 23.0 Å². The van der Waals surface area contributed by atoms with Crippen molar-refractivity contribution in [2.75, 3.05) is 49.1 Å². The molecule has 1 amide bonds. The summed E-state index contributed by atoms with van der Waals surface area (Å²) in [5, 5.41) is 11.7. The molecular formula is C24H27F3N4O3. The summed E-state index contributed by atoms with van der Waals surface area (Å²) in [6.45, 7) is 5.03. The van der Waals surface area contributed by atoms with Crippen LogP contribution in [0, 0.1) is 16.0 Å². The molecule has 0 unspecified atom stereocenters. The second-order valence-electron chi connectivity index (χ2n) is 8.96. The van der Waals surface area contributed by atoms with Crippen LogP contribution in [0.5, 0.6) is 0 Å². The Labute approximate surface area is 195 Å². The van der Waals surface area contributed by atoms with Crippen LogP contribution < -0.4 is 9.80 Å². The Hall–Kier alpha value is -3.30. The van der Waals surface area contributed by atoms with E-state index in [4.69, 9.17) is 0 Å². The molecule has 0 N–H and O–H groups in total. The highest BCUT2D eigenvalue weighted by atomic mass is 19.4. The van der Waals surface area contributed by atoms with Gasteiger partial charge in [0, 0.05) is 56.6 Å². The average Bonchev–Trinajstić information content (AvgIpc) is 2.83. The maximum atomic E-state index is 13.1. The summed E-state index contributed by atoms with van der Waals surface area (Å²) in [5.41, 5.74) is 0.441. The van der Waals surface area contributed by atoms with E-state index in [1.165, 1.54) is 12.1 Å². The fraction of sp³-hybridized carbons (Fsp3) is 0.458. The summed E-state index contributed by atoms with van der Waals surface area (Å²) in [5.74, 6) is 0.274. The van der Waals surface area contributed by atoms with Gasteiger partial charge in [0.15, 0.2) is 0 Å². The van der Waals surface area contributed by atoms with Gasteiger partial charge in [0.25, 0.3) is 11.6 Å². The van der Waals surface area contributed by atoms with Gasteiger partial charge in [-0.2, -0.15) is 13.2 Å². The van der Waals surface area contributed by atoms with E-state index in [-0.39, 0.29) is 17.2 Å². The van der Waals surface area contributed by atoms with Gasteiger partial charge in [-0.3, -0.25) is 14.9 Å². The van der Waals surface area contributed by atoms with Gasteiger partial charge in [0.2, 0.25) is 0 Å². The lowest BCUT2D eigenvalue weighted by molar-refractivity contribution is -0.384. The number of nitro benzene ring substituents is 1. The Balaban J connectivity index is 1.45. The smallest absolute Gasteiger partial charge is 0.368 e. The van der Waals surface area contributed by atoms with E-state index in [1.807, 2.05) is 9.80 Å². The fourth-order valence-electron chi connectivity index (χ4n) is 4.55. The maximum absolute atomic E-state index is 13.1. The molecule has 2 heterocycles. The number of nitrogens with zero attached hydrogens (tertiary/aromatic N) is 4. The molecule has 0 spiro atoms. The minimum atomic E-state index is -4.42. The molecule has 2 saturated heterocycles. The van der Waals surface area contributed by atoms with E-state index in [1.54, 1.807) is 23.1 Å². The number of amides is 1. The third-order valence-corrected chi connectivity index (χ3v) is 6.65. The average molecular weight is 476 g/mol. The van der Waals surface area contributed by atoms with Gasteiger partial charge < -0.3 is 14.7 Å². The van der Waals surface area contributed by atoms with E-state index in [2.05, 4.69) is 6.92 Å². The van der Waals surface area contributed by atoms with Crippen LogP contribution in [0.25, 0.3) is 0 Å². The number of hydrogen-bond donors (Lipinski definition) is 0. The third kappa shape index (κ3) is 5.10. The largest absolute Gasteiger partial charge is 0.416 e. The molecule has 10 heteroatoms. The molecule has 0 atom stereocenters. The number of halogens is 3. The first kappa shape index (κ1) is 23.8. The van der Waals surface area contributed by atoms with E-state index < -0.39 is 16.7 Å². The lowest BCUT2D eigenvalue weighted by atomic mass is 9.98. The van der Waals surface area contributed by atoms with Gasteiger partial charge in [0.05, 0.1) is 10.5 Å². The number of benzene rings is 2. The Morgan fingerprint density at radius 1 is 0.971 bits per heavy atom. The minimum Gasteiger partial charge on any atom is -0.368 e. The van der Waals surface area contributed by atoms with Crippen LogP contribution in [-0.2, 0) is 6.18 Å². The van der Waals surface area contributed by atoms with Crippen molar-refractivity contribution in [1.82, 2.24) is 4.90 Å². The summed E-state index contributed by atoms with van der Waals surface area (Å²) in [4.78, 5) is 29.7. The van der Waals surface area contributed by atoms with Gasteiger partial charge in [-0.1, -0.05) is 13.0 Å². The van der Waals surface area contributed by atoms with Gasteiger partial charge in [-0.05, 0) is 49.1 Å². The Morgan fingerprint density at radius 2 is 1.65 bits per heavy atom. The number of piperazine rings is 1. The highest BCUT2D eigenvalue weighted by molar-refractivity contribution is 5.96. The maximum Gasteiger partial charge on any atom is 0.416 e. The summed E-state index contributed by atoms with van der Waals surface area (Å²) in [6.07, 6.45) is -2.48. The Bertz CT molecular complexity index is 1060. The van der Waals surface area contributed by atoms with Crippen LogP contribution in [0.3, 0.4) is 0 Å². The first-order valence-electron chi connectivity index (χ1n) is 11.4. The van der Waals surface area contributed by atoms with Gasteiger partial charge in [-0.15, -0.1) is 0 Å². The zero-order valence-electron chi connectivity index (χ0n) is 18.9. The molecule has 0 bridgehead atoms. The minimum absolute atomic E-state index is 0.0806. The topological polar surface area (TPSA) is 69.9 Å². The molecule has 7 nitrogen and oxygen atoms in total. The number of hydrogen-bond acceptors (Lipinski definition) is 5. The summed E-state index contributed by atoms with van der Waals surface area (Å²) in [7, 11) is 0. The van der Waals surface area contributed by atoms with Crippen LogP contribution in [0.1, 0.15) is 35.7 Å². The molecule has 4 rings (SSSR count). The van der Waals surface area contributed by atoms with Crippen LogP contribution in [0.2, 0.25) is 0 Å². The third-order valence-electron chi connectivity index (χ3n) is 6.65. The van der Waals surface area contributed by atoms with Crippen molar-refractivity contribution in [3.8, 4) is 0 Å². The van der Waals surface area contributed by atoms with Crippen molar-refractivity contribution in [3.05, 3.63) is 63.7 Å². The molecule has 0 radical (unpaired) electrons. The number of anilines is 2. The number of nitro groups is 1. The van der Waals surface area contributed by atoms with E-state index in [0.29, 0.717) is 43.5 Å². The van der Waals surface area contributed by atoms with Gasteiger partial charge >= 0.3 is 6.18 Å². The highest BCUT2D eigenvalue weighted by Crippen LogP contribution is 2.34. The number of alkyl halides is 3. The molecule has 0 aromatic heterocycles. The Kier molecular flexibility index (Phi) is 6.67. The number of piperidine rings is 1. The first-order valence-corrected chi connectivity index (χ1v) is 11.4. The molecule has 2 fully saturated rings. The number of carbonyl (C=O) groups is 1. The van der Waals surface area contributed by atoms with Crippen molar-refractivity contribution in [1.29, 1.82) is 0 Å². The number of rotatable bonds is 4. The van der Waals surface area contributed by atoms with Crippen molar-refractivity contribution in [2.45, 2.75) is 25.9 Å². The van der Waals surface area contributed by atoms with Gasteiger partial charge in [0.1, 0.15) is 5.69 Å². The monoisotopic (exact) mass is 476 g/mol. The molecular weight excluding hydrogens is 449 g/mol.